The number of para-hydroxylation sites is 1. The number of carbonyl (C=O) groups excluding carboxylic acids is 3. The number of aromatic nitrogens is 2. The van der Waals surface area contributed by atoms with Crippen LogP contribution in [0.15, 0.2) is 102 Å². The molecule has 0 saturated carbocycles. The highest BCUT2D eigenvalue weighted by Gasteiger charge is 2.44. The van der Waals surface area contributed by atoms with Crippen molar-refractivity contribution in [2.75, 3.05) is 6.61 Å². The van der Waals surface area contributed by atoms with Crippen molar-refractivity contribution in [3.8, 4) is 11.3 Å². The van der Waals surface area contributed by atoms with Gasteiger partial charge in [0.2, 0.25) is 5.89 Å². The van der Waals surface area contributed by atoms with E-state index in [-0.39, 0.29) is 18.3 Å². The molecule has 0 radical (unpaired) electrons. The maximum atomic E-state index is 14.8. The normalized spacial score (nSPS) is 12.5. The fraction of sp³-hybridized carbons (Fsp3) is 0.257. The van der Waals surface area contributed by atoms with Crippen LogP contribution < -0.4 is 5.32 Å². The average Bonchev–Trinajstić information content (AvgIpc) is 3.65. The molecule has 1 unspecified atom stereocenters. The molecule has 5 aromatic rings. The number of amides is 1. The Balaban J connectivity index is 1.62. The number of carbonyl (C=O) groups is 3. The van der Waals surface area contributed by atoms with Crippen molar-refractivity contribution in [3.05, 3.63) is 114 Å². The number of hydrogen-bond donors (Lipinski definition) is 1. The molecule has 0 fully saturated rings. The molecule has 0 saturated heterocycles. The first-order valence-corrected chi connectivity index (χ1v) is 14.4. The fourth-order valence-corrected chi connectivity index (χ4v) is 5.21. The molecular weight excluding hydrogens is 558 g/mol. The Labute approximate surface area is 255 Å². The minimum atomic E-state index is -1.32. The summed E-state index contributed by atoms with van der Waals surface area (Å²) in [4.78, 5) is 45.1. The van der Waals surface area contributed by atoms with Crippen molar-refractivity contribution in [1.82, 2.24) is 14.9 Å². The summed E-state index contributed by atoms with van der Waals surface area (Å²) in [6, 6.07) is 24.7. The molecule has 1 atom stereocenters. The third-order valence-corrected chi connectivity index (χ3v) is 7.33. The number of Topliss-reactive ketones (excluding diaryl/α,β-unsaturated/α-hetero) is 1. The zero-order valence-electron chi connectivity index (χ0n) is 25.4. The second kappa shape index (κ2) is 12.2. The van der Waals surface area contributed by atoms with Crippen LogP contribution in [0.1, 0.15) is 57.7 Å². The molecule has 2 aromatic heterocycles. The molecule has 0 aliphatic carbocycles. The third-order valence-electron chi connectivity index (χ3n) is 7.33. The van der Waals surface area contributed by atoms with Crippen molar-refractivity contribution in [2.45, 2.75) is 51.7 Å². The number of ketones is 1. The van der Waals surface area contributed by atoms with E-state index >= 15 is 0 Å². The summed E-state index contributed by atoms with van der Waals surface area (Å²) in [6.45, 7) is 8.99. The average molecular weight is 594 g/mol. The Morgan fingerprint density at radius 3 is 2.07 bits per heavy atom. The van der Waals surface area contributed by atoms with Crippen LogP contribution >= 0.6 is 0 Å². The Kier molecular flexibility index (Phi) is 8.40. The molecular formula is C35H35N3O6. The summed E-state index contributed by atoms with van der Waals surface area (Å²) in [5.41, 5.74) is 0.657. The molecule has 3 aromatic carbocycles. The summed E-state index contributed by atoms with van der Waals surface area (Å²) in [5, 5.41) is 3.46. The SMILES string of the molecule is CCOC(=O)n1cc(-c2cnc(C(NC(=O)OC(C)(C)C)C(=O)C(C)(c3ccccc3)c3ccccc3)o2)c2ccccc21. The maximum absolute atomic E-state index is 14.8. The topological polar surface area (TPSA) is 113 Å². The summed E-state index contributed by atoms with van der Waals surface area (Å²) >= 11 is 0. The van der Waals surface area contributed by atoms with Gasteiger partial charge in [0.15, 0.2) is 17.6 Å². The van der Waals surface area contributed by atoms with Gasteiger partial charge in [0.25, 0.3) is 0 Å². The smallest absolute Gasteiger partial charge is 0.418 e. The van der Waals surface area contributed by atoms with Gasteiger partial charge in [-0.15, -0.1) is 0 Å². The van der Waals surface area contributed by atoms with Crippen molar-refractivity contribution in [3.63, 3.8) is 0 Å². The van der Waals surface area contributed by atoms with E-state index in [1.54, 1.807) is 40.0 Å². The zero-order chi connectivity index (χ0) is 31.5. The molecule has 5 rings (SSSR count). The van der Waals surface area contributed by atoms with Crippen LogP contribution in [0, 0.1) is 0 Å². The van der Waals surface area contributed by atoms with E-state index in [2.05, 4.69) is 10.3 Å². The Morgan fingerprint density at radius 2 is 1.48 bits per heavy atom. The summed E-state index contributed by atoms with van der Waals surface area (Å²) in [5.74, 6) is -0.0887. The first-order valence-electron chi connectivity index (χ1n) is 14.4. The summed E-state index contributed by atoms with van der Waals surface area (Å²) in [6.07, 6.45) is 1.77. The second-order valence-corrected chi connectivity index (χ2v) is 11.5. The number of nitrogens with one attached hydrogen (secondary N) is 1. The maximum Gasteiger partial charge on any atom is 0.418 e. The Morgan fingerprint density at radius 1 is 0.886 bits per heavy atom. The van der Waals surface area contributed by atoms with E-state index in [1.807, 2.05) is 85.8 Å². The number of hydrogen-bond acceptors (Lipinski definition) is 7. The summed E-state index contributed by atoms with van der Waals surface area (Å²) in [7, 11) is 0. The van der Waals surface area contributed by atoms with Gasteiger partial charge >= 0.3 is 12.2 Å². The number of ether oxygens (including phenoxy) is 2. The molecule has 9 nitrogen and oxygen atoms in total. The van der Waals surface area contributed by atoms with Gasteiger partial charge in [-0.1, -0.05) is 78.9 Å². The van der Waals surface area contributed by atoms with Gasteiger partial charge in [-0.3, -0.25) is 9.36 Å². The van der Waals surface area contributed by atoms with Crippen molar-refractivity contribution in [1.29, 1.82) is 0 Å². The van der Waals surface area contributed by atoms with E-state index < -0.39 is 29.2 Å². The molecule has 2 heterocycles. The van der Waals surface area contributed by atoms with Crippen LogP contribution in [-0.4, -0.2) is 39.7 Å². The number of alkyl carbamates (subject to hydrolysis) is 1. The van der Waals surface area contributed by atoms with Crippen LogP contribution in [0.2, 0.25) is 0 Å². The van der Waals surface area contributed by atoms with E-state index in [4.69, 9.17) is 13.9 Å². The highest BCUT2D eigenvalue weighted by atomic mass is 16.6. The molecule has 1 amide bonds. The lowest BCUT2D eigenvalue weighted by molar-refractivity contribution is -0.125. The number of benzene rings is 3. The number of rotatable bonds is 8. The minimum absolute atomic E-state index is 0.0260. The zero-order valence-corrected chi connectivity index (χ0v) is 25.4. The van der Waals surface area contributed by atoms with Gasteiger partial charge in [-0.2, -0.15) is 0 Å². The van der Waals surface area contributed by atoms with E-state index in [0.717, 1.165) is 16.5 Å². The van der Waals surface area contributed by atoms with Crippen molar-refractivity contribution >= 4 is 28.9 Å². The second-order valence-electron chi connectivity index (χ2n) is 11.5. The van der Waals surface area contributed by atoms with Crippen LogP contribution in [0.25, 0.3) is 22.2 Å². The Bertz CT molecular complexity index is 1740. The minimum Gasteiger partial charge on any atom is -0.449 e. The monoisotopic (exact) mass is 593 g/mol. The molecule has 1 N–H and O–H groups in total. The molecule has 0 aliphatic rings. The lowest BCUT2D eigenvalue weighted by Gasteiger charge is -2.32. The molecule has 226 valence electrons. The molecule has 0 aliphatic heterocycles. The lowest BCUT2D eigenvalue weighted by Crippen LogP contribution is -2.45. The summed E-state index contributed by atoms with van der Waals surface area (Å²) < 4.78 is 18.4. The van der Waals surface area contributed by atoms with Crippen LogP contribution in [0.3, 0.4) is 0 Å². The first kappa shape index (κ1) is 30.3. The van der Waals surface area contributed by atoms with E-state index in [1.165, 1.54) is 10.8 Å². The Hall–Kier alpha value is -5.18. The van der Waals surface area contributed by atoms with Gasteiger partial charge < -0.3 is 19.2 Å². The fourth-order valence-electron chi connectivity index (χ4n) is 5.21. The number of oxazole rings is 1. The van der Waals surface area contributed by atoms with Crippen molar-refractivity contribution < 1.29 is 28.3 Å². The van der Waals surface area contributed by atoms with Gasteiger partial charge in [-0.05, 0) is 51.8 Å². The molecule has 44 heavy (non-hydrogen) atoms. The largest absolute Gasteiger partial charge is 0.449 e. The predicted octanol–water partition coefficient (Wildman–Crippen LogP) is 7.44. The van der Waals surface area contributed by atoms with Gasteiger partial charge in [0, 0.05) is 17.1 Å². The highest BCUT2D eigenvalue weighted by molar-refractivity contribution is 6.00. The standard InChI is InChI=1S/C35H35N3O6/c1-6-42-33(41)38-22-26(25-19-13-14-20-27(25)38)28-21-36-31(43-28)29(37-32(40)44-34(2,3)4)30(39)35(5,23-15-9-7-10-16-23)24-17-11-8-12-18-24/h7-22,29H,6H2,1-5H3,(H,37,40). The third kappa shape index (κ3) is 5.99. The van der Waals surface area contributed by atoms with E-state index in [9.17, 15) is 14.4 Å². The number of nitrogens with zero attached hydrogens (tertiary/aromatic N) is 2. The van der Waals surface area contributed by atoms with Gasteiger partial charge in [-0.25, -0.2) is 14.6 Å². The number of fused-ring (bicyclic) bond motifs is 1. The lowest BCUT2D eigenvalue weighted by atomic mass is 9.71. The van der Waals surface area contributed by atoms with Gasteiger partial charge in [0.05, 0.1) is 23.7 Å². The van der Waals surface area contributed by atoms with Crippen molar-refractivity contribution in [2.24, 2.45) is 0 Å². The molecule has 9 heteroatoms. The van der Waals surface area contributed by atoms with Crippen LogP contribution in [0.4, 0.5) is 9.59 Å². The first-order chi connectivity index (χ1) is 21.0. The molecule has 0 spiro atoms. The van der Waals surface area contributed by atoms with Gasteiger partial charge in [0.1, 0.15) is 5.60 Å². The van der Waals surface area contributed by atoms with E-state index in [0.29, 0.717) is 16.8 Å². The van der Waals surface area contributed by atoms with Crippen LogP contribution in [0.5, 0.6) is 0 Å². The predicted molar refractivity (Wildman–Crippen MR) is 166 cm³/mol. The molecule has 0 bridgehead atoms. The quantitative estimate of drug-likeness (QED) is 0.199. The highest BCUT2D eigenvalue weighted by Crippen LogP contribution is 2.39. The van der Waals surface area contributed by atoms with Crippen LogP contribution in [-0.2, 0) is 19.7 Å².